The first kappa shape index (κ1) is 21.0. The number of nitrogens with one attached hydrogen (secondary N) is 1. The van der Waals surface area contributed by atoms with Crippen LogP contribution in [-0.4, -0.2) is 24.8 Å². The van der Waals surface area contributed by atoms with E-state index in [1.807, 2.05) is 55.5 Å². The van der Waals surface area contributed by atoms with Crippen LogP contribution in [0.2, 0.25) is 0 Å². The molecule has 2 rings (SSSR count). The Morgan fingerprint density at radius 1 is 1.19 bits per heavy atom. The largest absolute Gasteiger partial charge is 0.494 e. The van der Waals surface area contributed by atoms with Gasteiger partial charge in [-0.2, -0.15) is 5.10 Å². The first-order valence-corrected chi connectivity index (χ1v) is 9.89. The molecule has 0 aliphatic carbocycles. The third kappa shape index (κ3) is 7.43. The lowest BCUT2D eigenvalue weighted by atomic mass is 10.2. The third-order valence-corrected chi connectivity index (χ3v) is 4.27. The molecule has 0 saturated carbocycles. The van der Waals surface area contributed by atoms with Crippen molar-refractivity contribution in [2.24, 2.45) is 5.10 Å². The molecule has 1 amide bonds. The van der Waals surface area contributed by atoms with Gasteiger partial charge >= 0.3 is 0 Å². The Labute approximate surface area is 168 Å². The zero-order valence-electron chi connectivity index (χ0n) is 15.7. The van der Waals surface area contributed by atoms with Crippen LogP contribution in [0.5, 0.6) is 11.5 Å². The van der Waals surface area contributed by atoms with E-state index in [2.05, 4.69) is 33.4 Å². The number of rotatable bonds is 10. The van der Waals surface area contributed by atoms with Gasteiger partial charge in [-0.15, -0.1) is 0 Å². The average Bonchev–Trinajstić information content (AvgIpc) is 2.67. The van der Waals surface area contributed by atoms with Crippen molar-refractivity contribution < 1.29 is 14.3 Å². The number of unbranched alkanes of at least 4 members (excludes halogenated alkanes) is 1. The standard InChI is InChI=1S/C21H25BrN2O3/c1-3-5-13-26-18-11-9-16(10-12-18)15-23-24-21(25)20(4-2)27-19-8-6-7-17(22)14-19/h6-12,14-15,20H,3-5,13H2,1-2H3,(H,24,25)/b23-15+. The van der Waals surface area contributed by atoms with Crippen LogP contribution in [0, 0.1) is 0 Å². The SMILES string of the molecule is CCCCOc1ccc(/C=N/NC(=O)C(CC)Oc2cccc(Br)c2)cc1. The number of carbonyl (C=O) groups excluding carboxylic acids is 1. The fourth-order valence-corrected chi connectivity index (χ4v) is 2.63. The Bertz CT molecular complexity index is 747. The van der Waals surface area contributed by atoms with E-state index in [1.165, 1.54) is 0 Å². The summed E-state index contributed by atoms with van der Waals surface area (Å²) in [5.74, 6) is 1.18. The Morgan fingerprint density at radius 2 is 1.96 bits per heavy atom. The molecule has 6 heteroatoms. The van der Waals surface area contributed by atoms with Crippen molar-refractivity contribution in [2.45, 2.75) is 39.2 Å². The van der Waals surface area contributed by atoms with Crippen LogP contribution in [0.3, 0.4) is 0 Å². The van der Waals surface area contributed by atoms with E-state index >= 15 is 0 Å². The zero-order valence-corrected chi connectivity index (χ0v) is 17.2. The van der Waals surface area contributed by atoms with Crippen molar-refractivity contribution >= 4 is 28.1 Å². The molecule has 1 unspecified atom stereocenters. The van der Waals surface area contributed by atoms with Crippen LogP contribution >= 0.6 is 15.9 Å². The van der Waals surface area contributed by atoms with E-state index in [9.17, 15) is 4.79 Å². The van der Waals surface area contributed by atoms with Crippen LogP contribution in [0.25, 0.3) is 0 Å². The van der Waals surface area contributed by atoms with Gasteiger partial charge in [0.25, 0.3) is 5.91 Å². The summed E-state index contributed by atoms with van der Waals surface area (Å²) >= 11 is 3.39. The van der Waals surface area contributed by atoms with Gasteiger partial charge in [0.15, 0.2) is 6.10 Å². The average molecular weight is 433 g/mol. The monoisotopic (exact) mass is 432 g/mol. The van der Waals surface area contributed by atoms with Crippen molar-refractivity contribution in [3.63, 3.8) is 0 Å². The van der Waals surface area contributed by atoms with Gasteiger partial charge < -0.3 is 9.47 Å². The molecule has 0 aromatic heterocycles. The summed E-state index contributed by atoms with van der Waals surface area (Å²) in [5, 5.41) is 4.02. The first-order chi connectivity index (χ1) is 13.1. The van der Waals surface area contributed by atoms with E-state index in [1.54, 1.807) is 6.21 Å². The number of hydrazone groups is 1. The molecule has 2 aromatic carbocycles. The molecule has 0 spiro atoms. The lowest BCUT2D eigenvalue weighted by Gasteiger charge is -2.15. The number of amides is 1. The van der Waals surface area contributed by atoms with Crippen molar-refractivity contribution in [2.75, 3.05) is 6.61 Å². The second-order valence-corrected chi connectivity index (χ2v) is 6.89. The van der Waals surface area contributed by atoms with Crippen molar-refractivity contribution in [3.05, 3.63) is 58.6 Å². The maximum Gasteiger partial charge on any atom is 0.281 e. The van der Waals surface area contributed by atoms with Crippen LogP contribution in [-0.2, 0) is 4.79 Å². The Hall–Kier alpha value is -2.34. The topological polar surface area (TPSA) is 59.9 Å². The van der Waals surface area contributed by atoms with E-state index in [0.29, 0.717) is 12.2 Å². The fourth-order valence-electron chi connectivity index (χ4n) is 2.25. The molecule has 144 valence electrons. The molecule has 0 aliphatic heterocycles. The van der Waals surface area contributed by atoms with E-state index in [4.69, 9.17) is 9.47 Å². The number of hydrogen-bond donors (Lipinski definition) is 1. The molecule has 2 aromatic rings. The number of halogens is 1. The normalized spacial score (nSPS) is 12.0. The summed E-state index contributed by atoms with van der Waals surface area (Å²) in [6, 6.07) is 15.0. The summed E-state index contributed by atoms with van der Waals surface area (Å²) in [6.45, 7) is 4.74. The van der Waals surface area contributed by atoms with E-state index in [0.717, 1.165) is 35.2 Å². The summed E-state index contributed by atoms with van der Waals surface area (Å²) in [7, 11) is 0. The van der Waals surface area contributed by atoms with Crippen LogP contribution in [0.15, 0.2) is 58.1 Å². The Kier molecular flexibility index (Phi) is 8.84. The van der Waals surface area contributed by atoms with Gasteiger partial charge in [0.2, 0.25) is 0 Å². The van der Waals surface area contributed by atoms with Gasteiger partial charge in [-0.25, -0.2) is 5.43 Å². The minimum atomic E-state index is -0.606. The molecule has 0 heterocycles. The molecule has 1 N–H and O–H groups in total. The second kappa shape index (κ2) is 11.4. The molecule has 0 radical (unpaired) electrons. The molecule has 0 saturated heterocycles. The van der Waals surface area contributed by atoms with E-state index < -0.39 is 6.10 Å². The van der Waals surface area contributed by atoms with Crippen LogP contribution in [0.1, 0.15) is 38.7 Å². The van der Waals surface area contributed by atoms with Crippen molar-refractivity contribution in [3.8, 4) is 11.5 Å². The van der Waals surface area contributed by atoms with Gasteiger partial charge in [0, 0.05) is 4.47 Å². The molecule has 27 heavy (non-hydrogen) atoms. The van der Waals surface area contributed by atoms with Gasteiger partial charge in [-0.3, -0.25) is 4.79 Å². The first-order valence-electron chi connectivity index (χ1n) is 9.10. The summed E-state index contributed by atoms with van der Waals surface area (Å²) in [6.07, 6.45) is 3.67. The highest BCUT2D eigenvalue weighted by molar-refractivity contribution is 9.10. The summed E-state index contributed by atoms with van der Waals surface area (Å²) in [4.78, 5) is 12.3. The lowest BCUT2D eigenvalue weighted by molar-refractivity contribution is -0.128. The number of ether oxygens (including phenoxy) is 2. The fraction of sp³-hybridized carbons (Fsp3) is 0.333. The Balaban J connectivity index is 1.85. The molecular formula is C21H25BrN2O3. The number of benzene rings is 2. The molecular weight excluding hydrogens is 408 g/mol. The molecule has 5 nitrogen and oxygen atoms in total. The van der Waals surface area contributed by atoms with Crippen LogP contribution < -0.4 is 14.9 Å². The second-order valence-electron chi connectivity index (χ2n) is 5.98. The molecule has 0 bridgehead atoms. The predicted molar refractivity (Wildman–Crippen MR) is 111 cm³/mol. The number of nitrogens with zero attached hydrogens (tertiary/aromatic N) is 1. The minimum Gasteiger partial charge on any atom is -0.494 e. The summed E-state index contributed by atoms with van der Waals surface area (Å²) in [5.41, 5.74) is 3.41. The summed E-state index contributed by atoms with van der Waals surface area (Å²) < 4.78 is 12.3. The van der Waals surface area contributed by atoms with E-state index in [-0.39, 0.29) is 5.91 Å². The van der Waals surface area contributed by atoms with Crippen molar-refractivity contribution in [1.82, 2.24) is 5.43 Å². The maximum absolute atomic E-state index is 12.3. The van der Waals surface area contributed by atoms with Gasteiger partial charge in [0.05, 0.1) is 12.8 Å². The lowest BCUT2D eigenvalue weighted by Crippen LogP contribution is -2.35. The highest BCUT2D eigenvalue weighted by atomic mass is 79.9. The predicted octanol–water partition coefficient (Wildman–Crippen LogP) is 4.94. The highest BCUT2D eigenvalue weighted by Gasteiger charge is 2.17. The van der Waals surface area contributed by atoms with Crippen LogP contribution in [0.4, 0.5) is 0 Å². The smallest absolute Gasteiger partial charge is 0.281 e. The molecule has 1 atom stereocenters. The third-order valence-electron chi connectivity index (χ3n) is 3.77. The van der Waals surface area contributed by atoms with Crippen molar-refractivity contribution in [1.29, 1.82) is 0 Å². The molecule has 0 fully saturated rings. The highest BCUT2D eigenvalue weighted by Crippen LogP contribution is 2.19. The van der Waals surface area contributed by atoms with Gasteiger partial charge in [-0.05, 0) is 60.9 Å². The Morgan fingerprint density at radius 3 is 2.63 bits per heavy atom. The quantitative estimate of drug-likeness (QED) is 0.328. The minimum absolute atomic E-state index is 0.284. The van der Waals surface area contributed by atoms with Gasteiger partial charge in [-0.1, -0.05) is 42.3 Å². The molecule has 0 aliphatic rings. The zero-order chi connectivity index (χ0) is 19.5. The maximum atomic E-state index is 12.3. The number of hydrogen-bond acceptors (Lipinski definition) is 4. The number of carbonyl (C=O) groups is 1. The van der Waals surface area contributed by atoms with Gasteiger partial charge in [0.1, 0.15) is 11.5 Å².